The van der Waals surface area contributed by atoms with Crippen LogP contribution in [0.2, 0.25) is 0 Å². The van der Waals surface area contributed by atoms with E-state index < -0.39 is 0 Å². The molecule has 2 rings (SSSR count). The monoisotopic (exact) mass is 258 g/mol. The first-order valence-electron chi connectivity index (χ1n) is 6.99. The van der Waals surface area contributed by atoms with E-state index >= 15 is 0 Å². The van der Waals surface area contributed by atoms with Crippen LogP contribution in [0.1, 0.15) is 33.4 Å². The summed E-state index contributed by atoms with van der Waals surface area (Å²) in [5.41, 5.74) is 2.21. The highest BCUT2D eigenvalue weighted by Gasteiger charge is 2.21. The Kier molecular flexibility index (Phi) is 4.03. The van der Waals surface area contributed by atoms with Gasteiger partial charge in [0.2, 0.25) is 0 Å². The van der Waals surface area contributed by atoms with E-state index in [4.69, 9.17) is 0 Å². The minimum absolute atomic E-state index is 0.0589. The molecule has 19 heavy (non-hydrogen) atoms. The summed E-state index contributed by atoms with van der Waals surface area (Å²) in [4.78, 5) is 11.8. The molecule has 1 aromatic heterocycles. The molecule has 1 atom stereocenters. The Morgan fingerprint density at radius 3 is 2.58 bits per heavy atom. The minimum Gasteiger partial charge on any atom is -0.300 e. The molecule has 1 aromatic carbocycles. The number of aryl methyl sites for hydroxylation is 1. The van der Waals surface area contributed by atoms with Gasteiger partial charge in [-0.15, -0.1) is 0 Å². The van der Waals surface area contributed by atoms with Crippen molar-refractivity contribution >= 4 is 16.7 Å². The molecule has 0 aliphatic carbocycles. The molecule has 1 unspecified atom stereocenters. The van der Waals surface area contributed by atoms with Crippen molar-refractivity contribution in [3.63, 3.8) is 0 Å². The van der Waals surface area contributed by atoms with Gasteiger partial charge in [0.25, 0.3) is 0 Å². The van der Waals surface area contributed by atoms with Crippen LogP contribution in [0.25, 0.3) is 10.9 Å². The topological polar surface area (TPSA) is 34.9 Å². The van der Waals surface area contributed by atoms with Crippen molar-refractivity contribution in [2.24, 2.45) is 11.8 Å². The summed E-state index contributed by atoms with van der Waals surface area (Å²) in [6.45, 7) is 8.83. The van der Waals surface area contributed by atoms with Crippen LogP contribution in [-0.4, -0.2) is 15.6 Å². The smallest absolute Gasteiger partial charge is 0.133 e. The molecule has 0 bridgehead atoms. The number of rotatable bonds is 5. The van der Waals surface area contributed by atoms with Crippen molar-refractivity contribution < 1.29 is 4.79 Å². The van der Waals surface area contributed by atoms with Gasteiger partial charge in [-0.25, -0.2) is 0 Å². The Hall–Kier alpha value is -1.64. The van der Waals surface area contributed by atoms with Crippen molar-refractivity contribution in [2.45, 2.75) is 40.7 Å². The number of benzene rings is 1. The van der Waals surface area contributed by atoms with Crippen LogP contribution >= 0.6 is 0 Å². The number of aromatic nitrogens is 2. The highest BCUT2D eigenvalue weighted by molar-refractivity contribution is 5.84. The van der Waals surface area contributed by atoms with Crippen LogP contribution in [0.5, 0.6) is 0 Å². The van der Waals surface area contributed by atoms with Gasteiger partial charge in [-0.3, -0.25) is 9.48 Å². The summed E-state index contributed by atoms with van der Waals surface area (Å²) in [6, 6.07) is 8.26. The van der Waals surface area contributed by atoms with Gasteiger partial charge in [0.15, 0.2) is 0 Å². The number of Topliss-reactive ketones (excluding diaryl/α,β-unsaturated/α-hetero) is 1. The first-order valence-corrected chi connectivity index (χ1v) is 6.99. The predicted octanol–water partition coefficient (Wildman–Crippen LogP) is 3.46. The van der Waals surface area contributed by atoms with Crippen LogP contribution in [0.15, 0.2) is 24.3 Å². The fraction of sp³-hybridized carbons (Fsp3) is 0.500. The number of nitrogens with zero attached hydrogens (tertiary/aromatic N) is 2. The van der Waals surface area contributed by atoms with E-state index in [1.54, 1.807) is 6.92 Å². The highest BCUT2D eigenvalue weighted by Crippen LogP contribution is 2.24. The lowest BCUT2D eigenvalue weighted by molar-refractivity contribution is -0.121. The number of fused-ring (bicyclic) bond motifs is 1. The summed E-state index contributed by atoms with van der Waals surface area (Å²) in [5, 5.41) is 5.85. The fourth-order valence-corrected chi connectivity index (χ4v) is 2.65. The zero-order valence-electron chi connectivity index (χ0n) is 12.2. The van der Waals surface area contributed by atoms with Crippen molar-refractivity contribution in [3.05, 3.63) is 30.0 Å². The summed E-state index contributed by atoms with van der Waals surface area (Å²) in [6.07, 6.45) is 0.737. The second-order valence-corrected chi connectivity index (χ2v) is 5.44. The van der Waals surface area contributed by atoms with Gasteiger partial charge >= 0.3 is 0 Å². The van der Waals surface area contributed by atoms with E-state index in [1.165, 1.54) is 5.39 Å². The maximum absolute atomic E-state index is 11.8. The lowest BCUT2D eigenvalue weighted by atomic mass is 9.87. The Bertz CT molecular complexity index is 583. The van der Waals surface area contributed by atoms with Gasteiger partial charge in [-0.2, -0.15) is 5.10 Å². The van der Waals surface area contributed by atoms with Gasteiger partial charge in [0, 0.05) is 24.3 Å². The molecule has 0 saturated heterocycles. The molecule has 0 spiro atoms. The Morgan fingerprint density at radius 2 is 2.00 bits per heavy atom. The summed E-state index contributed by atoms with van der Waals surface area (Å²) >= 11 is 0. The molecule has 2 aromatic rings. The second-order valence-electron chi connectivity index (χ2n) is 5.44. The van der Waals surface area contributed by atoms with Crippen LogP contribution in [0.4, 0.5) is 0 Å². The lowest BCUT2D eigenvalue weighted by Crippen LogP contribution is -2.20. The zero-order valence-corrected chi connectivity index (χ0v) is 12.2. The lowest BCUT2D eigenvalue weighted by Gasteiger charge is -2.16. The summed E-state index contributed by atoms with van der Waals surface area (Å²) in [5.74, 6) is 0.664. The molecule has 0 aliphatic rings. The first-order chi connectivity index (χ1) is 9.04. The third-order valence-corrected chi connectivity index (χ3v) is 3.77. The third kappa shape index (κ3) is 2.70. The standard InChI is InChI=1S/C16H22N2O/c1-5-18-16-9-7-6-8-13(16)15(17-18)10-14(11(2)3)12(4)19/h6-9,11,14H,5,10H2,1-4H3. The zero-order chi connectivity index (χ0) is 14.0. The minimum atomic E-state index is 0.0589. The van der Waals surface area contributed by atoms with E-state index in [2.05, 4.69) is 38.0 Å². The molecule has 3 heteroatoms. The van der Waals surface area contributed by atoms with Crippen LogP contribution in [-0.2, 0) is 17.8 Å². The van der Waals surface area contributed by atoms with E-state index in [1.807, 2.05) is 16.8 Å². The fourth-order valence-electron chi connectivity index (χ4n) is 2.65. The molecular weight excluding hydrogens is 236 g/mol. The molecule has 3 nitrogen and oxygen atoms in total. The second kappa shape index (κ2) is 5.55. The van der Waals surface area contributed by atoms with Gasteiger partial charge in [0.05, 0.1) is 11.2 Å². The Labute approximate surface area is 114 Å². The quantitative estimate of drug-likeness (QED) is 0.823. The normalized spacial score (nSPS) is 13.1. The number of hydrogen-bond acceptors (Lipinski definition) is 2. The van der Waals surface area contributed by atoms with Gasteiger partial charge in [-0.1, -0.05) is 32.0 Å². The van der Waals surface area contributed by atoms with E-state index in [-0.39, 0.29) is 11.7 Å². The van der Waals surface area contributed by atoms with Crippen molar-refractivity contribution in [3.8, 4) is 0 Å². The molecule has 0 radical (unpaired) electrons. The summed E-state index contributed by atoms with van der Waals surface area (Å²) in [7, 11) is 0. The van der Waals surface area contributed by atoms with Crippen LogP contribution in [0, 0.1) is 11.8 Å². The van der Waals surface area contributed by atoms with E-state index in [0.717, 1.165) is 24.2 Å². The first kappa shape index (κ1) is 13.8. The molecule has 0 N–H and O–H groups in total. The SMILES string of the molecule is CCn1nc(CC(C(C)=O)C(C)C)c2ccccc21. The predicted molar refractivity (Wildman–Crippen MR) is 78.1 cm³/mol. The van der Waals surface area contributed by atoms with E-state index in [0.29, 0.717) is 5.92 Å². The summed E-state index contributed by atoms with van der Waals surface area (Å²) < 4.78 is 2.02. The van der Waals surface area contributed by atoms with Gasteiger partial charge in [0.1, 0.15) is 5.78 Å². The van der Waals surface area contributed by atoms with Gasteiger partial charge < -0.3 is 0 Å². The van der Waals surface area contributed by atoms with Crippen LogP contribution < -0.4 is 0 Å². The van der Waals surface area contributed by atoms with Crippen molar-refractivity contribution in [1.29, 1.82) is 0 Å². The van der Waals surface area contributed by atoms with Crippen LogP contribution in [0.3, 0.4) is 0 Å². The van der Waals surface area contributed by atoms with Crippen molar-refractivity contribution in [1.82, 2.24) is 9.78 Å². The number of carbonyl (C=O) groups is 1. The number of carbonyl (C=O) groups excluding carboxylic acids is 1. The molecule has 0 saturated carbocycles. The molecule has 102 valence electrons. The van der Waals surface area contributed by atoms with Gasteiger partial charge in [-0.05, 0) is 25.8 Å². The average molecular weight is 258 g/mol. The maximum Gasteiger partial charge on any atom is 0.133 e. The molecule has 0 fully saturated rings. The molecule has 0 aliphatic heterocycles. The average Bonchev–Trinajstić information content (AvgIpc) is 2.73. The number of para-hydroxylation sites is 1. The number of hydrogen-bond donors (Lipinski definition) is 0. The Morgan fingerprint density at radius 1 is 1.32 bits per heavy atom. The largest absolute Gasteiger partial charge is 0.300 e. The Balaban J connectivity index is 2.42. The number of ketones is 1. The van der Waals surface area contributed by atoms with Crippen molar-refractivity contribution in [2.75, 3.05) is 0 Å². The maximum atomic E-state index is 11.8. The molecular formula is C16H22N2O. The third-order valence-electron chi connectivity index (χ3n) is 3.77. The van der Waals surface area contributed by atoms with E-state index in [9.17, 15) is 4.79 Å². The molecule has 0 amide bonds. The highest BCUT2D eigenvalue weighted by atomic mass is 16.1. The molecule has 1 heterocycles.